The van der Waals surface area contributed by atoms with Gasteiger partial charge >= 0.3 is 6.18 Å². The minimum absolute atomic E-state index is 0.0840. The molecule has 2 heterocycles. The van der Waals surface area contributed by atoms with Gasteiger partial charge in [0.25, 0.3) is 0 Å². The topological polar surface area (TPSA) is 29.9 Å². The number of nitrogens with one attached hydrogen (secondary N) is 1. The Bertz CT molecular complexity index is 947. The van der Waals surface area contributed by atoms with Gasteiger partial charge in [0.15, 0.2) is 0 Å². The second-order valence-corrected chi connectivity index (χ2v) is 6.17. The van der Waals surface area contributed by atoms with Gasteiger partial charge in [0, 0.05) is 17.7 Å². The molecule has 0 saturated heterocycles. The van der Waals surface area contributed by atoms with Crippen LogP contribution in [0.1, 0.15) is 11.1 Å². The lowest BCUT2D eigenvalue weighted by atomic mass is 10.0. The molecule has 1 N–H and O–H groups in total. The minimum Gasteiger partial charge on any atom is -0.369 e. The number of alkyl halides is 3. The number of hydrogen-bond donors (Lipinski definition) is 1. The number of para-hydroxylation sites is 1. The molecule has 0 bridgehead atoms. The average molecular weight is 364 g/mol. The maximum absolute atomic E-state index is 13.4. The molecule has 1 aliphatic heterocycles. The summed E-state index contributed by atoms with van der Waals surface area (Å²) >= 11 is 6.25. The molecule has 0 saturated carbocycles. The van der Waals surface area contributed by atoms with E-state index in [1.54, 1.807) is 28.9 Å². The first-order chi connectivity index (χ1) is 12.0. The van der Waals surface area contributed by atoms with Crippen LogP contribution < -0.4 is 5.32 Å². The zero-order chi connectivity index (χ0) is 17.6. The fourth-order valence-electron chi connectivity index (χ4n) is 3.13. The number of fused-ring (bicyclic) bond motifs is 1. The highest BCUT2D eigenvalue weighted by Crippen LogP contribution is 2.41. The lowest BCUT2D eigenvalue weighted by molar-refractivity contribution is -0.137. The summed E-state index contributed by atoms with van der Waals surface area (Å²) in [5, 5.41) is 8.16. The third-order valence-electron chi connectivity index (χ3n) is 4.22. The Balaban J connectivity index is 1.95. The Kier molecular flexibility index (Phi) is 3.72. The van der Waals surface area contributed by atoms with E-state index < -0.39 is 11.7 Å². The molecule has 3 nitrogen and oxygen atoms in total. The van der Waals surface area contributed by atoms with Gasteiger partial charge in [-0.15, -0.1) is 0 Å². The normalized spacial score (nSPS) is 13.6. The maximum atomic E-state index is 13.4. The van der Waals surface area contributed by atoms with Crippen molar-refractivity contribution in [3.63, 3.8) is 0 Å². The van der Waals surface area contributed by atoms with Crippen molar-refractivity contribution in [2.45, 2.75) is 12.6 Å². The maximum Gasteiger partial charge on any atom is 0.417 e. The molecular weight excluding hydrogens is 351 g/mol. The molecule has 1 aliphatic rings. The highest BCUT2D eigenvalue weighted by molar-refractivity contribution is 6.32. The zero-order valence-electron chi connectivity index (χ0n) is 12.9. The third-order valence-corrected chi connectivity index (χ3v) is 4.54. The summed E-state index contributed by atoms with van der Waals surface area (Å²) in [5.74, 6) is 0.695. The van der Waals surface area contributed by atoms with E-state index in [1.807, 2.05) is 6.07 Å². The lowest BCUT2D eigenvalue weighted by Crippen LogP contribution is -2.08. The third kappa shape index (κ3) is 2.66. The van der Waals surface area contributed by atoms with Crippen molar-refractivity contribution in [1.29, 1.82) is 0 Å². The van der Waals surface area contributed by atoms with Crippen LogP contribution in [-0.4, -0.2) is 16.3 Å². The van der Waals surface area contributed by atoms with E-state index in [9.17, 15) is 13.2 Å². The van der Waals surface area contributed by atoms with Crippen LogP contribution in [-0.2, 0) is 12.6 Å². The average Bonchev–Trinajstić information content (AvgIpc) is 3.17. The van der Waals surface area contributed by atoms with Crippen LogP contribution in [0.4, 0.5) is 19.0 Å². The van der Waals surface area contributed by atoms with Crippen molar-refractivity contribution in [3.05, 3.63) is 64.7 Å². The van der Waals surface area contributed by atoms with Crippen molar-refractivity contribution in [2.75, 3.05) is 11.9 Å². The molecule has 0 unspecified atom stereocenters. The summed E-state index contributed by atoms with van der Waals surface area (Å²) in [4.78, 5) is 0. The van der Waals surface area contributed by atoms with Crippen molar-refractivity contribution in [3.8, 4) is 16.9 Å². The van der Waals surface area contributed by atoms with E-state index in [1.165, 1.54) is 12.1 Å². The zero-order valence-corrected chi connectivity index (χ0v) is 13.7. The van der Waals surface area contributed by atoms with E-state index in [4.69, 9.17) is 11.6 Å². The molecule has 3 aromatic rings. The van der Waals surface area contributed by atoms with E-state index in [0.29, 0.717) is 35.2 Å². The van der Waals surface area contributed by atoms with Crippen LogP contribution >= 0.6 is 11.6 Å². The van der Waals surface area contributed by atoms with Crippen LogP contribution in [0.3, 0.4) is 0 Å². The molecule has 4 rings (SSSR count). The number of halogens is 4. The Labute approximate surface area is 147 Å². The highest BCUT2D eigenvalue weighted by atomic mass is 35.5. The van der Waals surface area contributed by atoms with Crippen molar-refractivity contribution in [2.24, 2.45) is 0 Å². The van der Waals surface area contributed by atoms with Gasteiger partial charge in [-0.25, -0.2) is 4.68 Å². The second-order valence-electron chi connectivity index (χ2n) is 5.76. The van der Waals surface area contributed by atoms with Crippen molar-refractivity contribution < 1.29 is 13.2 Å². The van der Waals surface area contributed by atoms with Gasteiger partial charge in [0.1, 0.15) is 5.82 Å². The van der Waals surface area contributed by atoms with Crippen molar-refractivity contribution in [1.82, 2.24) is 9.78 Å². The quantitative estimate of drug-likeness (QED) is 0.680. The molecule has 1 aromatic heterocycles. The van der Waals surface area contributed by atoms with Crippen LogP contribution in [0.25, 0.3) is 16.9 Å². The van der Waals surface area contributed by atoms with Gasteiger partial charge in [-0.1, -0.05) is 41.9 Å². The molecule has 7 heteroatoms. The van der Waals surface area contributed by atoms with E-state index in [2.05, 4.69) is 10.4 Å². The Morgan fingerprint density at radius 1 is 1.04 bits per heavy atom. The van der Waals surface area contributed by atoms with Gasteiger partial charge in [-0.2, -0.15) is 18.3 Å². The first kappa shape index (κ1) is 16.0. The molecule has 25 heavy (non-hydrogen) atoms. The fourth-order valence-corrected chi connectivity index (χ4v) is 3.34. The summed E-state index contributed by atoms with van der Waals surface area (Å²) in [6, 6.07) is 12.6. The molecule has 2 aromatic carbocycles. The van der Waals surface area contributed by atoms with E-state index in [-0.39, 0.29) is 5.56 Å². The number of rotatable bonds is 2. The molecule has 0 spiro atoms. The Morgan fingerprint density at radius 2 is 1.76 bits per heavy atom. The number of anilines is 1. The largest absolute Gasteiger partial charge is 0.417 e. The van der Waals surface area contributed by atoms with Crippen LogP contribution in [0.15, 0.2) is 48.5 Å². The second kappa shape index (κ2) is 5.81. The van der Waals surface area contributed by atoms with E-state index in [0.717, 1.165) is 11.6 Å². The highest BCUT2D eigenvalue weighted by Gasteiger charge is 2.35. The predicted molar refractivity (Wildman–Crippen MR) is 91.2 cm³/mol. The van der Waals surface area contributed by atoms with Crippen LogP contribution in [0.5, 0.6) is 0 Å². The SMILES string of the molecule is FC(F)(F)c1ccccc1-c1nn(-c2ccccc2Cl)c2c1CCN2. The summed E-state index contributed by atoms with van der Waals surface area (Å²) < 4.78 is 41.8. The first-order valence-corrected chi connectivity index (χ1v) is 8.12. The van der Waals surface area contributed by atoms with Crippen LogP contribution in [0.2, 0.25) is 5.02 Å². The standard InChI is InChI=1S/C18H13ClF3N3/c19-14-7-3-4-8-15(14)25-17-12(9-10-23-17)16(24-25)11-5-1-2-6-13(11)18(20,21)22/h1-8,23H,9-10H2. The number of aromatic nitrogens is 2. The minimum atomic E-state index is -4.44. The summed E-state index contributed by atoms with van der Waals surface area (Å²) in [6.45, 7) is 0.652. The van der Waals surface area contributed by atoms with Gasteiger partial charge in [0.05, 0.1) is 22.0 Å². The Hall–Kier alpha value is -2.47. The van der Waals surface area contributed by atoms with Gasteiger partial charge in [-0.05, 0) is 24.6 Å². The number of nitrogens with zero attached hydrogens (tertiary/aromatic N) is 2. The van der Waals surface area contributed by atoms with Gasteiger partial charge < -0.3 is 5.32 Å². The van der Waals surface area contributed by atoms with Crippen LogP contribution in [0, 0.1) is 0 Å². The molecule has 0 aliphatic carbocycles. The summed E-state index contributed by atoms with van der Waals surface area (Å²) in [7, 11) is 0. The van der Waals surface area contributed by atoms with Gasteiger partial charge in [-0.3, -0.25) is 0 Å². The smallest absolute Gasteiger partial charge is 0.369 e. The molecule has 128 valence electrons. The molecule has 0 radical (unpaired) electrons. The molecular formula is C18H13ClF3N3. The number of benzene rings is 2. The van der Waals surface area contributed by atoms with E-state index >= 15 is 0 Å². The molecule has 0 atom stereocenters. The predicted octanol–water partition coefficient (Wildman–Crippen LogP) is 5.18. The lowest BCUT2D eigenvalue weighted by Gasteiger charge is -2.12. The van der Waals surface area contributed by atoms with Gasteiger partial charge in [0.2, 0.25) is 0 Å². The summed E-state index contributed by atoms with van der Waals surface area (Å²) in [6.07, 6.45) is -3.83. The molecule has 0 amide bonds. The fraction of sp³-hybridized carbons (Fsp3) is 0.167. The Morgan fingerprint density at radius 3 is 2.52 bits per heavy atom. The summed E-state index contributed by atoms with van der Waals surface area (Å²) in [5.41, 5.74) is 1.14. The number of hydrogen-bond acceptors (Lipinski definition) is 2. The first-order valence-electron chi connectivity index (χ1n) is 7.74. The monoisotopic (exact) mass is 363 g/mol. The molecule has 0 fully saturated rings. The van der Waals surface area contributed by atoms with Crippen molar-refractivity contribution >= 4 is 17.4 Å².